The van der Waals surface area contributed by atoms with Crippen molar-refractivity contribution >= 4 is 27.8 Å². The molecule has 0 saturated carbocycles. The number of nitrogens with one attached hydrogen (secondary N) is 1. The fraction of sp³-hybridized carbons (Fsp3) is 0.538. The third-order valence-electron chi connectivity index (χ3n) is 2.50. The Kier molecular flexibility index (Phi) is 4.90. The molecule has 0 fully saturated rings. The Hall–Kier alpha value is -0.980. The monoisotopic (exact) mass is 296 g/mol. The molecule has 6 heteroatoms. The molecule has 0 radical (unpaired) electrons. The van der Waals surface area contributed by atoms with Gasteiger partial charge in [-0.05, 0) is 27.9 Å². The smallest absolute Gasteiger partial charge is 0.183 e. The second kappa shape index (κ2) is 6.45. The number of hydrogen-bond acceptors (Lipinski definition) is 6. The first-order chi connectivity index (χ1) is 9.04. The van der Waals surface area contributed by atoms with Crippen LogP contribution in [0.1, 0.15) is 18.9 Å². The summed E-state index contributed by atoms with van der Waals surface area (Å²) in [5.41, 5.74) is 1.03. The van der Waals surface area contributed by atoms with Gasteiger partial charge in [-0.1, -0.05) is 0 Å². The van der Waals surface area contributed by atoms with Gasteiger partial charge in [-0.2, -0.15) is 0 Å². The Morgan fingerprint density at radius 2 is 2.16 bits per heavy atom. The topological polar surface area (TPSA) is 41.1 Å². The molecule has 0 amide bonds. The van der Waals surface area contributed by atoms with E-state index in [1.165, 1.54) is 5.01 Å². The summed E-state index contributed by atoms with van der Waals surface area (Å²) < 4.78 is 0. The van der Waals surface area contributed by atoms with E-state index in [2.05, 4.69) is 53.5 Å². The third kappa shape index (κ3) is 4.26. The highest BCUT2D eigenvalue weighted by Crippen LogP contribution is 2.29. The SMILES string of the molecule is CC(C)Nc1nc(-c2cnc(CCN(C)C)s2)cs1. The van der Waals surface area contributed by atoms with Crippen LogP contribution in [0, 0.1) is 0 Å². The largest absolute Gasteiger partial charge is 0.359 e. The number of nitrogens with zero attached hydrogens (tertiary/aromatic N) is 3. The van der Waals surface area contributed by atoms with Crippen molar-refractivity contribution in [2.45, 2.75) is 26.3 Å². The second-order valence-corrected chi connectivity index (χ2v) is 6.98. The highest BCUT2D eigenvalue weighted by atomic mass is 32.1. The molecule has 0 bridgehead atoms. The van der Waals surface area contributed by atoms with Gasteiger partial charge < -0.3 is 10.2 Å². The van der Waals surface area contributed by atoms with E-state index in [0.717, 1.165) is 28.7 Å². The quantitative estimate of drug-likeness (QED) is 0.889. The van der Waals surface area contributed by atoms with E-state index in [-0.39, 0.29) is 0 Å². The Morgan fingerprint density at radius 3 is 2.84 bits per heavy atom. The fourth-order valence-electron chi connectivity index (χ4n) is 1.56. The maximum Gasteiger partial charge on any atom is 0.183 e. The number of anilines is 1. The van der Waals surface area contributed by atoms with Crippen molar-refractivity contribution in [3.63, 3.8) is 0 Å². The Bertz CT molecular complexity index is 516. The maximum absolute atomic E-state index is 4.60. The van der Waals surface area contributed by atoms with Crippen LogP contribution < -0.4 is 5.32 Å². The zero-order valence-corrected chi connectivity index (χ0v) is 13.4. The highest BCUT2D eigenvalue weighted by molar-refractivity contribution is 7.16. The molecule has 0 spiro atoms. The molecule has 4 nitrogen and oxygen atoms in total. The van der Waals surface area contributed by atoms with Crippen LogP contribution in [0.5, 0.6) is 0 Å². The van der Waals surface area contributed by atoms with Gasteiger partial charge >= 0.3 is 0 Å². The van der Waals surface area contributed by atoms with Crippen molar-refractivity contribution in [3.05, 3.63) is 16.6 Å². The summed E-state index contributed by atoms with van der Waals surface area (Å²) in [7, 11) is 4.16. The van der Waals surface area contributed by atoms with Gasteiger partial charge in [0.15, 0.2) is 5.13 Å². The van der Waals surface area contributed by atoms with Gasteiger partial charge in [0.05, 0.1) is 15.6 Å². The minimum Gasteiger partial charge on any atom is -0.359 e. The summed E-state index contributed by atoms with van der Waals surface area (Å²) in [5.74, 6) is 0. The van der Waals surface area contributed by atoms with E-state index in [4.69, 9.17) is 0 Å². The van der Waals surface area contributed by atoms with E-state index in [0.29, 0.717) is 6.04 Å². The fourth-order valence-corrected chi connectivity index (χ4v) is 3.36. The van der Waals surface area contributed by atoms with Crippen LogP contribution in [0.3, 0.4) is 0 Å². The van der Waals surface area contributed by atoms with Gasteiger partial charge in [-0.3, -0.25) is 0 Å². The van der Waals surface area contributed by atoms with Gasteiger partial charge in [0, 0.05) is 30.6 Å². The van der Waals surface area contributed by atoms with Crippen molar-refractivity contribution in [3.8, 4) is 10.6 Å². The van der Waals surface area contributed by atoms with Crippen LogP contribution in [0.15, 0.2) is 11.6 Å². The number of aromatic nitrogens is 2. The standard InChI is InChI=1S/C13H20N4S2/c1-9(2)15-13-16-10(8-18-13)11-7-14-12(19-11)5-6-17(3)4/h7-9H,5-6H2,1-4H3,(H,15,16). The first kappa shape index (κ1) is 14.4. The molecule has 104 valence electrons. The number of likely N-dealkylation sites (N-methyl/N-ethyl adjacent to an activating group) is 1. The Balaban J connectivity index is 2.03. The van der Waals surface area contributed by atoms with E-state index >= 15 is 0 Å². The Labute approximate surface area is 122 Å². The average molecular weight is 296 g/mol. The van der Waals surface area contributed by atoms with Crippen LogP contribution >= 0.6 is 22.7 Å². The Morgan fingerprint density at radius 1 is 1.37 bits per heavy atom. The average Bonchev–Trinajstić information content (AvgIpc) is 2.93. The zero-order chi connectivity index (χ0) is 13.8. The molecule has 0 atom stereocenters. The highest BCUT2D eigenvalue weighted by Gasteiger charge is 2.09. The molecule has 0 aliphatic carbocycles. The summed E-state index contributed by atoms with van der Waals surface area (Å²) in [5, 5.41) is 7.57. The zero-order valence-electron chi connectivity index (χ0n) is 11.8. The van der Waals surface area contributed by atoms with Gasteiger partial charge in [0.25, 0.3) is 0 Å². The molecule has 2 aromatic rings. The maximum atomic E-state index is 4.60. The lowest BCUT2D eigenvalue weighted by Crippen LogP contribution is -2.14. The molecule has 19 heavy (non-hydrogen) atoms. The van der Waals surface area contributed by atoms with E-state index in [9.17, 15) is 0 Å². The summed E-state index contributed by atoms with van der Waals surface area (Å²) >= 11 is 3.39. The molecule has 2 heterocycles. The van der Waals surface area contributed by atoms with E-state index in [1.807, 2.05) is 6.20 Å². The van der Waals surface area contributed by atoms with Gasteiger partial charge in [0.2, 0.25) is 0 Å². The minimum atomic E-state index is 0.413. The van der Waals surface area contributed by atoms with Crippen molar-refractivity contribution in [2.75, 3.05) is 26.0 Å². The first-order valence-corrected chi connectivity index (χ1v) is 8.06. The second-order valence-electron chi connectivity index (χ2n) is 5.01. The van der Waals surface area contributed by atoms with E-state index < -0.39 is 0 Å². The summed E-state index contributed by atoms with van der Waals surface area (Å²) in [4.78, 5) is 12.4. The van der Waals surface area contributed by atoms with Crippen LogP contribution in [0.2, 0.25) is 0 Å². The van der Waals surface area contributed by atoms with Gasteiger partial charge in [-0.15, -0.1) is 22.7 Å². The molecular weight excluding hydrogens is 276 g/mol. The van der Waals surface area contributed by atoms with Gasteiger partial charge in [0.1, 0.15) is 0 Å². The van der Waals surface area contributed by atoms with Crippen LogP contribution in [0.4, 0.5) is 5.13 Å². The molecular formula is C13H20N4S2. The van der Waals surface area contributed by atoms with Crippen molar-refractivity contribution in [2.24, 2.45) is 0 Å². The van der Waals surface area contributed by atoms with Gasteiger partial charge in [-0.25, -0.2) is 9.97 Å². The molecule has 1 N–H and O–H groups in total. The van der Waals surface area contributed by atoms with Crippen LogP contribution in [-0.4, -0.2) is 41.5 Å². The molecule has 2 aromatic heterocycles. The summed E-state index contributed by atoms with van der Waals surface area (Å²) in [6.07, 6.45) is 2.93. The lowest BCUT2D eigenvalue weighted by atomic mass is 10.4. The van der Waals surface area contributed by atoms with Crippen LogP contribution in [-0.2, 0) is 6.42 Å². The predicted octanol–water partition coefficient (Wildman–Crippen LogP) is 3.19. The minimum absolute atomic E-state index is 0.413. The number of thiazole rings is 2. The normalized spacial score (nSPS) is 11.5. The predicted molar refractivity (Wildman–Crippen MR) is 84.2 cm³/mol. The molecule has 0 aliphatic rings. The first-order valence-electron chi connectivity index (χ1n) is 6.36. The van der Waals surface area contributed by atoms with Crippen molar-refractivity contribution < 1.29 is 0 Å². The molecule has 0 unspecified atom stereocenters. The summed E-state index contributed by atoms with van der Waals surface area (Å²) in [6.45, 7) is 5.27. The lowest BCUT2D eigenvalue weighted by molar-refractivity contribution is 0.413. The molecule has 2 rings (SSSR count). The molecule has 0 aromatic carbocycles. The molecule has 0 aliphatic heterocycles. The molecule has 0 saturated heterocycles. The summed E-state index contributed by atoms with van der Waals surface area (Å²) in [6, 6.07) is 0.413. The van der Waals surface area contributed by atoms with Crippen molar-refractivity contribution in [1.29, 1.82) is 0 Å². The van der Waals surface area contributed by atoms with E-state index in [1.54, 1.807) is 22.7 Å². The van der Waals surface area contributed by atoms with Crippen molar-refractivity contribution in [1.82, 2.24) is 14.9 Å². The lowest BCUT2D eigenvalue weighted by Gasteiger charge is -2.06. The number of hydrogen-bond donors (Lipinski definition) is 1. The van der Waals surface area contributed by atoms with Crippen LogP contribution in [0.25, 0.3) is 10.6 Å². The third-order valence-corrected chi connectivity index (χ3v) is 4.35. The number of rotatable bonds is 6.